The minimum atomic E-state index is -0.682. The molecular weight excluding hydrogens is 455 g/mol. The monoisotopic (exact) mass is 488 g/mol. The van der Waals surface area contributed by atoms with Crippen LogP contribution < -0.4 is 10.1 Å². The molecule has 0 saturated heterocycles. The summed E-state index contributed by atoms with van der Waals surface area (Å²) in [5.41, 5.74) is 3.42. The molecule has 0 unspecified atom stereocenters. The summed E-state index contributed by atoms with van der Waals surface area (Å²) >= 11 is 0. The van der Waals surface area contributed by atoms with Crippen LogP contribution in [-0.4, -0.2) is 29.4 Å². The highest BCUT2D eigenvalue weighted by atomic mass is 19.1. The quantitative estimate of drug-likeness (QED) is 0.414. The molecule has 1 aliphatic rings. The third-order valence-corrected chi connectivity index (χ3v) is 6.40. The van der Waals surface area contributed by atoms with Crippen LogP contribution in [-0.2, 0) is 16.0 Å². The maximum Gasteiger partial charge on any atom is 0.265 e. The third kappa shape index (κ3) is 5.93. The van der Waals surface area contributed by atoms with Crippen LogP contribution in [0.25, 0.3) is 0 Å². The molecule has 3 aromatic rings. The first-order valence-electron chi connectivity index (χ1n) is 12.6. The first-order valence-corrected chi connectivity index (χ1v) is 12.6. The van der Waals surface area contributed by atoms with Crippen molar-refractivity contribution in [2.24, 2.45) is 5.92 Å². The van der Waals surface area contributed by atoms with Gasteiger partial charge in [-0.25, -0.2) is 4.39 Å². The number of benzene rings is 3. The Kier molecular flexibility index (Phi) is 8.04. The number of halogens is 1. The van der Waals surface area contributed by atoms with Crippen molar-refractivity contribution in [2.75, 3.05) is 11.9 Å². The first kappa shape index (κ1) is 25.4. The standard InChI is InChI=1S/C30H33FN2O3/c1-4-27(30(35)32-24-11-6-5-7-12-24)36-25-14-13-21-15-16-33(28(34)17-20(2)3)29(26(21)19-25)22-9-8-10-23(31)18-22/h5-14,18-20,27,29H,4,15-17H2,1-3H3,(H,32,35)/t27-,29-/m1/s1. The van der Waals surface area contributed by atoms with E-state index in [1.54, 1.807) is 6.07 Å². The molecule has 2 amide bonds. The van der Waals surface area contributed by atoms with E-state index >= 15 is 0 Å². The minimum Gasteiger partial charge on any atom is -0.481 e. The number of anilines is 1. The van der Waals surface area contributed by atoms with E-state index in [1.807, 2.05) is 80.3 Å². The summed E-state index contributed by atoms with van der Waals surface area (Å²) in [5.74, 6) is 0.243. The third-order valence-electron chi connectivity index (χ3n) is 6.40. The van der Waals surface area contributed by atoms with Crippen molar-refractivity contribution in [3.63, 3.8) is 0 Å². The van der Waals surface area contributed by atoms with Gasteiger partial charge in [-0.2, -0.15) is 0 Å². The average molecular weight is 489 g/mol. The van der Waals surface area contributed by atoms with Crippen LogP contribution in [0, 0.1) is 11.7 Å². The topological polar surface area (TPSA) is 58.6 Å². The van der Waals surface area contributed by atoms with Gasteiger partial charge in [0.1, 0.15) is 11.6 Å². The number of para-hydroxylation sites is 1. The molecule has 6 heteroatoms. The van der Waals surface area contributed by atoms with Crippen LogP contribution in [0.3, 0.4) is 0 Å². The number of nitrogens with zero attached hydrogens (tertiary/aromatic N) is 1. The van der Waals surface area contributed by atoms with Gasteiger partial charge in [0, 0.05) is 18.7 Å². The molecule has 0 spiro atoms. The fraction of sp³-hybridized carbons (Fsp3) is 0.333. The highest BCUT2D eigenvalue weighted by molar-refractivity contribution is 5.94. The molecule has 1 N–H and O–H groups in total. The Morgan fingerprint density at radius 3 is 2.53 bits per heavy atom. The summed E-state index contributed by atoms with van der Waals surface area (Å²) in [7, 11) is 0. The summed E-state index contributed by atoms with van der Waals surface area (Å²) in [6.07, 6.45) is 0.937. The van der Waals surface area contributed by atoms with Crippen molar-refractivity contribution >= 4 is 17.5 Å². The second kappa shape index (κ2) is 11.4. The molecule has 0 saturated carbocycles. The zero-order valence-electron chi connectivity index (χ0n) is 21.0. The Morgan fingerprint density at radius 1 is 1.06 bits per heavy atom. The normalized spacial score (nSPS) is 15.8. The summed E-state index contributed by atoms with van der Waals surface area (Å²) in [6.45, 7) is 6.50. The number of amides is 2. The minimum absolute atomic E-state index is 0.0462. The number of ether oxygens (including phenoxy) is 1. The Morgan fingerprint density at radius 2 is 1.83 bits per heavy atom. The second-order valence-electron chi connectivity index (χ2n) is 9.62. The van der Waals surface area contributed by atoms with Gasteiger partial charge in [0.2, 0.25) is 5.91 Å². The number of rotatable bonds is 8. The fourth-order valence-electron chi connectivity index (χ4n) is 4.67. The highest BCUT2D eigenvalue weighted by Crippen LogP contribution is 2.38. The van der Waals surface area contributed by atoms with Crippen molar-refractivity contribution in [1.82, 2.24) is 4.90 Å². The maximum absolute atomic E-state index is 14.2. The molecule has 1 aliphatic heterocycles. The van der Waals surface area contributed by atoms with Crippen molar-refractivity contribution in [2.45, 2.75) is 52.2 Å². The Balaban J connectivity index is 1.64. The molecule has 0 fully saturated rings. The van der Waals surface area contributed by atoms with E-state index in [0.29, 0.717) is 37.2 Å². The van der Waals surface area contributed by atoms with Crippen LogP contribution in [0.2, 0.25) is 0 Å². The number of carbonyl (C=O) groups is 2. The van der Waals surface area contributed by atoms with Gasteiger partial charge in [-0.05, 0) is 71.8 Å². The largest absolute Gasteiger partial charge is 0.481 e. The maximum atomic E-state index is 14.2. The molecule has 0 aromatic heterocycles. The lowest BCUT2D eigenvalue weighted by molar-refractivity contribution is -0.134. The Bertz CT molecular complexity index is 1210. The Hall–Kier alpha value is -3.67. The average Bonchev–Trinajstić information content (AvgIpc) is 2.86. The van der Waals surface area contributed by atoms with Gasteiger partial charge in [-0.15, -0.1) is 0 Å². The molecule has 0 radical (unpaired) electrons. The second-order valence-corrected chi connectivity index (χ2v) is 9.62. The van der Waals surface area contributed by atoms with Crippen LogP contribution in [0.1, 0.15) is 56.3 Å². The molecule has 0 aliphatic carbocycles. The van der Waals surface area contributed by atoms with Crippen LogP contribution in [0.15, 0.2) is 72.8 Å². The van der Waals surface area contributed by atoms with Gasteiger partial charge < -0.3 is 15.0 Å². The van der Waals surface area contributed by atoms with Crippen LogP contribution >= 0.6 is 0 Å². The summed E-state index contributed by atoms with van der Waals surface area (Å²) in [4.78, 5) is 27.9. The number of hydrogen-bond donors (Lipinski definition) is 1. The lowest BCUT2D eigenvalue weighted by Gasteiger charge is -2.38. The predicted molar refractivity (Wildman–Crippen MR) is 139 cm³/mol. The zero-order valence-corrected chi connectivity index (χ0v) is 21.0. The SMILES string of the molecule is CC[C@@H](Oc1ccc2c(c1)[C@@H](c1cccc(F)c1)N(C(=O)CC(C)C)CC2)C(=O)Nc1ccccc1. The number of hydrogen-bond acceptors (Lipinski definition) is 3. The van der Waals surface area contributed by atoms with Gasteiger partial charge in [0.25, 0.3) is 5.91 Å². The lowest BCUT2D eigenvalue weighted by atomic mass is 9.87. The molecule has 5 nitrogen and oxygen atoms in total. The molecule has 1 heterocycles. The molecule has 36 heavy (non-hydrogen) atoms. The van der Waals surface area contributed by atoms with Gasteiger partial charge in [-0.1, -0.05) is 57.2 Å². The van der Waals surface area contributed by atoms with Crippen molar-refractivity contribution in [3.8, 4) is 5.75 Å². The zero-order chi connectivity index (χ0) is 25.7. The van der Waals surface area contributed by atoms with Crippen LogP contribution in [0.4, 0.5) is 10.1 Å². The van der Waals surface area contributed by atoms with Crippen molar-refractivity contribution in [1.29, 1.82) is 0 Å². The van der Waals surface area contributed by atoms with E-state index in [2.05, 4.69) is 5.32 Å². The number of carbonyl (C=O) groups excluding carboxylic acids is 2. The van der Waals surface area contributed by atoms with E-state index in [1.165, 1.54) is 12.1 Å². The molecule has 3 aromatic carbocycles. The van der Waals surface area contributed by atoms with Gasteiger partial charge in [0.15, 0.2) is 6.10 Å². The van der Waals surface area contributed by atoms with Crippen LogP contribution in [0.5, 0.6) is 5.75 Å². The first-order chi connectivity index (χ1) is 17.4. The fourth-order valence-corrected chi connectivity index (χ4v) is 4.67. The van der Waals surface area contributed by atoms with E-state index in [9.17, 15) is 14.0 Å². The van der Waals surface area contributed by atoms with Gasteiger partial charge >= 0.3 is 0 Å². The van der Waals surface area contributed by atoms with Gasteiger partial charge in [0.05, 0.1) is 6.04 Å². The summed E-state index contributed by atoms with van der Waals surface area (Å²) in [5, 5.41) is 2.90. The smallest absolute Gasteiger partial charge is 0.265 e. The molecule has 188 valence electrons. The molecular formula is C30H33FN2O3. The molecule has 4 rings (SSSR count). The lowest BCUT2D eigenvalue weighted by Crippen LogP contribution is -2.41. The van der Waals surface area contributed by atoms with E-state index < -0.39 is 12.1 Å². The van der Waals surface area contributed by atoms with E-state index in [-0.39, 0.29) is 23.5 Å². The van der Waals surface area contributed by atoms with Crippen molar-refractivity contribution < 1.29 is 18.7 Å². The number of fused-ring (bicyclic) bond motifs is 1. The summed E-state index contributed by atoms with van der Waals surface area (Å²) < 4.78 is 20.4. The summed E-state index contributed by atoms with van der Waals surface area (Å²) in [6, 6.07) is 21.0. The molecule has 0 bridgehead atoms. The van der Waals surface area contributed by atoms with E-state index in [0.717, 1.165) is 16.7 Å². The van der Waals surface area contributed by atoms with E-state index in [4.69, 9.17) is 4.74 Å². The Labute approximate surface area is 212 Å². The van der Waals surface area contributed by atoms with Crippen molar-refractivity contribution in [3.05, 3.63) is 95.3 Å². The number of nitrogens with one attached hydrogen (secondary N) is 1. The molecule has 2 atom stereocenters. The van der Waals surface area contributed by atoms with Gasteiger partial charge in [-0.3, -0.25) is 9.59 Å². The predicted octanol–water partition coefficient (Wildman–Crippen LogP) is 6.14. The highest BCUT2D eigenvalue weighted by Gasteiger charge is 2.33.